The third-order valence-electron chi connectivity index (χ3n) is 0.756. The topological polar surface area (TPSA) is 70.1 Å². The predicted molar refractivity (Wildman–Crippen MR) is 52.9 cm³/mol. The van der Waals surface area contributed by atoms with Crippen molar-refractivity contribution in [3.63, 3.8) is 0 Å². The lowest BCUT2D eigenvalue weighted by molar-refractivity contribution is 0.475. The molecule has 0 fully saturated rings. The van der Waals surface area contributed by atoms with Gasteiger partial charge < -0.3 is 10.8 Å². The van der Waals surface area contributed by atoms with Crippen molar-refractivity contribution in [2.24, 2.45) is 5.73 Å². The fourth-order valence-corrected chi connectivity index (χ4v) is 0.428. The summed E-state index contributed by atoms with van der Waals surface area (Å²) in [6.07, 6.45) is 0. The zero-order chi connectivity index (χ0) is 8.69. The van der Waals surface area contributed by atoms with Crippen molar-refractivity contribution < 1.29 is 5.11 Å². The highest BCUT2D eigenvalue weighted by molar-refractivity contribution is 5.85. The second-order valence-electron chi connectivity index (χ2n) is 2.02. The first-order chi connectivity index (χ1) is 5.13. The molecule has 0 aromatic heterocycles. The summed E-state index contributed by atoms with van der Waals surface area (Å²) in [7, 11) is 0. The Bertz CT molecular complexity index is 210. The van der Waals surface area contributed by atoms with Crippen LogP contribution in [0.1, 0.15) is 6.92 Å². The maximum Gasteiger partial charge on any atom is 0.115 e. The first kappa shape index (κ1) is 13.4. The van der Waals surface area contributed by atoms with E-state index in [1.165, 1.54) is 6.92 Å². The number of amidine groups is 1. The van der Waals surface area contributed by atoms with Crippen LogP contribution in [0.15, 0.2) is 30.3 Å². The Morgan fingerprint density at radius 1 is 1.33 bits per heavy atom. The van der Waals surface area contributed by atoms with E-state index >= 15 is 0 Å². The lowest BCUT2D eigenvalue weighted by atomic mass is 10.3. The average Bonchev–Trinajstić information content (AvgIpc) is 1.87. The van der Waals surface area contributed by atoms with Crippen LogP contribution < -0.4 is 5.73 Å². The van der Waals surface area contributed by atoms with Crippen molar-refractivity contribution in [2.75, 3.05) is 0 Å². The van der Waals surface area contributed by atoms with E-state index in [1.54, 1.807) is 24.3 Å². The van der Waals surface area contributed by atoms with Crippen molar-refractivity contribution in [3.05, 3.63) is 30.3 Å². The summed E-state index contributed by atoms with van der Waals surface area (Å²) in [4.78, 5) is 0. The number of phenols is 1. The Kier molecular flexibility index (Phi) is 8.79. The molecule has 0 radical (unpaired) electrons. The zero-order valence-corrected chi connectivity index (χ0v) is 7.64. The zero-order valence-electron chi connectivity index (χ0n) is 6.82. The molecule has 4 N–H and O–H groups in total. The first-order valence-electron chi connectivity index (χ1n) is 3.17. The molecule has 0 atom stereocenters. The van der Waals surface area contributed by atoms with Crippen LogP contribution in [0.4, 0.5) is 0 Å². The molecular weight excluding hydrogens is 176 g/mol. The molecule has 4 heteroatoms. The number of rotatable bonds is 0. The van der Waals surface area contributed by atoms with Gasteiger partial charge in [0, 0.05) is 0 Å². The van der Waals surface area contributed by atoms with E-state index in [2.05, 4.69) is 0 Å². The van der Waals surface area contributed by atoms with E-state index < -0.39 is 0 Å². The van der Waals surface area contributed by atoms with Gasteiger partial charge in [0.2, 0.25) is 0 Å². The van der Waals surface area contributed by atoms with Gasteiger partial charge in [-0.25, -0.2) is 0 Å². The van der Waals surface area contributed by atoms with Crippen LogP contribution in [-0.4, -0.2) is 10.9 Å². The molecule has 0 saturated carbocycles. The Hall–Kier alpha value is -1.22. The Balaban J connectivity index is 0. The molecule has 1 aromatic rings. The monoisotopic (exact) mass is 188 g/mol. The molecule has 0 heterocycles. The molecule has 0 bridgehead atoms. The van der Waals surface area contributed by atoms with E-state index in [-0.39, 0.29) is 18.2 Å². The van der Waals surface area contributed by atoms with Gasteiger partial charge in [0.1, 0.15) is 5.75 Å². The van der Waals surface area contributed by atoms with E-state index in [4.69, 9.17) is 16.2 Å². The summed E-state index contributed by atoms with van der Waals surface area (Å²) in [6, 6.07) is 8.71. The molecule has 0 spiro atoms. The second-order valence-corrected chi connectivity index (χ2v) is 2.02. The number of phenolic OH excluding ortho intramolecular Hbond substituents is 1. The number of halogens is 1. The maximum atomic E-state index is 8.63. The predicted octanol–water partition coefficient (Wildman–Crippen LogP) is 1.76. The average molecular weight is 189 g/mol. The summed E-state index contributed by atoms with van der Waals surface area (Å²) >= 11 is 0. The quantitative estimate of drug-likeness (QED) is 0.429. The van der Waals surface area contributed by atoms with Crippen LogP contribution in [0.3, 0.4) is 0 Å². The fraction of sp³-hybridized carbons (Fsp3) is 0.125. The summed E-state index contributed by atoms with van der Waals surface area (Å²) in [5.74, 6) is 0.488. The van der Waals surface area contributed by atoms with Gasteiger partial charge in [-0.3, -0.25) is 5.41 Å². The van der Waals surface area contributed by atoms with E-state index in [1.807, 2.05) is 6.07 Å². The lowest BCUT2D eigenvalue weighted by Gasteiger charge is -1.82. The highest BCUT2D eigenvalue weighted by atomic mass is 35.5. The minimum Gasteiger partial charge on any atom is -0.508 e. The normalized spacial score (nSPS) is 7.08. The van der Waals surface area contributed by atoms with Crippen molar-refractivity contribution in [1.29, 1.82) is 5.41 Å². The SMILES string of the molecule is CC(=N)N.Cl.Oc1ccccc1. The molecule has 12 heavy (non-hydrogen) atoms. The number of nitrogens with two attached hydrogens (primary N) is 1. The molecule has 0 saturated heterocycles. The van der Waals surface area contributed by atoms with Gasteiger partial charge in [-0.1, -0.05) is 18.2 Å². The highest BCUT2D eigenvalue weighted by Crippen LogP contribution is 2.02. The minimum atomic E-state index is 0. The standard InChI is InChI=1S/C6H6O.C2H6N2.ClH/c7-6-4-2-1-3-5-6;1-2(3)4;/h1-5,7H;1H3,(H3,3,4);1H. The number of para-hydroxylation sites is 1. The van der Waals surface area contributed by atoms with Crippen LogP contribution in [0.25, 0.3) is 0 Å². The summed E-state index contributed by atoms with van der Waals surface area (Å²) in [5, 5.41) is 14.9. The molecule has 0 aliphatic rings. The molecule has 0 aliphatic heterocycles. The molecule has 0 unspecified atom stereocenters. The molecule has 1 aromatic carbocycles. The molecule has 1 rings (SSSR count). The number of benzene rings is 1. The Morgan fingerprint density at radius 2 is 1.67 bits per heavy atom. The molecule has 0 amide bonds. The van der Waals surface area contributed by atoms with Crippen molar-refractivity contribution in [1.82, 2.24) is 0 Å². The van der Waals surface area contributed by atoms with E-state index in [9.17, 15) is 0 Å². The van der Waals surface area contributed by atoms with E-state index in [0.717, 1.165) is 0 Å². The van der Waals surface area contributed by atoms with Gasteiger partial charge in [-0.2, -0.15) is 0 Å². The van der Waals surface area contributed by atoms with Gasteiger partial charge in [0.15, 0.2) is 0 Å². The first-order valence-corrected chi connectivity index (χ1v) is 3.17. The van der Waals surface area contributed by atoms with E-state index in [0.29, 0.717) is 5.75 Å². The Labute approximate surface area is 78.1 Å². The number of hydrogen-bond donors (Lipinski definition) is 3. The molecular formula is C8H13ClN2O. The summed E-state index contributed by atoms with van der Waals surface area (Å²) in [6.45, 7) is 1.53. The fourth-order valence-electron chi connectivity index (χ4n) is 0.428. The third-order valence-corrected chi connectivity index (χ3v) is 0.756. The van der Waals surface area contributed by atoms with Crippen LogP contribution in [0.2, 0.25) is 0 Å². The van der Waals surface area contributed by atoms with Gasteiger partial charge in [-0.15, -0.1) is 12.4 Å². The van der Waals surface area contributed by atoms with Crippen LogP contribution in [0, 0.1) is 5.41 Å². The minimum absolute atomic E-state index is 0. The van der Waals surface area contributed by atoms with Crippen LogP contribution in [0.5, 0.6) is 5.75 Å². The lowest BCUT2D eigenvalue weighted by Crippen LogP contribution is -2.00. The smallest absolute Gasteiger partial charge is 0.115 e. The number of nitrogens with one attached hydrogen (secondary N) is 1. The second kappa shape index (κ2) is 7.88. The van der Waals surface area contributed by atoms with Crippen molar-refractivity contribution >= 4 is 18.2 Å². The summed E-state index contributed by atoms with van der Waals surface area (Å²) < 4.78 is 0. The number of hydrogen-bond acceptors (Lipinski definition) is 2. The van der Waals surface area contributed by atoms with Gasteiger partial charge in [-0.05, 0) is 19.1 Å². The Morgan fingerprint density at radius 3 is 1.83 bits per heavy atom. The third kappa shape index (κ3) is 11.6. The summed E-state index contributed by atoms with van der Waals surface area (Å²) in [5.41, 5.74) is 4.69. The van der Waals surface area contributed by atoms with Crippen molar-refractivity contribution in [3.8, 4) is 5.75 Å². The van der Waals surface area contributed by atoms with Crippen LogP contribution in [-0.2, 0) is 0 Å². The van der Waals surface area contributed by atoms with Crippen molar-refractivity contribution in [2.45, 2.75) is 6.92 Å². The van der Waals surface area contributed by atoms with Gasteiger partial charge in [0.25, 0.3) is 0 Å². The largest absolute Gasteiger partial charge is 0.508 e. The van der Waals surface area contributed by atoms with Gasteiger partial charge >= 0.3 is 0 Å². The maximum absolute atomic E-state index is 8.63. The highest BCUT2D eigenvalue weighted by Gasteiger charge is 1.74. The van der Waals surface area contributed by atoms with Gasteiger partial charge in [0.05, 0.1) is 5.84 Å². The number of aromatic hydroxyl groups is 1. The molecule has 68 valence electrons. The molecule has 0 aliphatic carbocycles. The molecule has 3 nitrogen and oxygen atoms in total. The van der Waals surface area contributed by atoms with Crippen LogP contribution >= 0.6 is 12.4 Å².